The van der Waals surface area contributed by atoms with E-state index in [0.29, 0.717) is 6.04 Å². The molecule has 0 spiro atoms. The third-order valence-corrected chi connectivity index (χ3v) is 3.18. The van der Waals surface area contributed by atoms with Crippen molar-refractivity contribution in [2.45, 2.75) is 26.3 Å². The van der Waals surface area contributed by atoms with Crippen molar-refractivity contribution in [2.75, 3.05) is 33.2 Å². The maximum absolute atomic E-state index is 10.5. The van der Waals surface area contributed by atoms with Gasteiger partial charge in [0.25, 0.3) is 0 Å². The van der Waals surface area contributed by atoms with E-state index in [0.717, 1.165) is 38.2 Å². The first-order chi connectivity index (χ1) is 7.52. The molecule has 0 aromatic heterocycles. The second-order valence-corrected chi connectivity index (χ2v) is 4.61. The van der Waals surface area contributed by atoms with Crippen LogP contribution in [0.25, 0.3) is 0 Å². The number of carboxylic acid groups (broad SMARTS) is 1. The fraction of sp³-hybridized carbons (Fsp3) is 0.750. The van der Waals surface area contributed by atoms with Gasteiger partial charge in [-0.1, -0.05) is 12.5 Å². The molecule has 1 fully saturated rings. The highest BCUT2D eigenvalue weighted by molar-refractivity contribution is 5.80. The summed E-state index contributed by atoms with van der Waals surface area (Å²) in [4.78, 5) is 15.2. The summed E-state index contributed by atoms with van der Waals surface area (Å²) in [6.07, 6.45) is 2.45. The van der Waals surface area contributed by atoms with Crippen LogP contribution in [0.5, 0.6) is 0 Å². The van der Waals surface area contributed by atoms with Gasteiger partial charge in [0.1, 0.15) is 0 Å². The predicted octanol–water partition coefficient (Wildman–Crippen LogP) is 1.04. The average molecular weight is 226 g/mol. The van der Waals surface area contributed by atoms with E-state index in [4.69, 9.17) is 5.11 Å². The maximum atomic E-state index is 10.5. The lowest BCUT2D eigenvalue weighted by molar-refractivity contribution is -0.131. The Bertz CT molecular complexity index is 276. The smallest absolute Gasteiger partial charge is 0.328 e. The number of hydrogen-bond acceptors (Lipinski definition) is 3. The molecule has 1 N–H and O–H groups in total. The van der Waals surface area contributed by atoms with Crippen LogP contribution in [0, 0.1) is 0 Å². The normalized spacial score (nSPS) is 24.7. The second-order valence-electron chi connectivity index (χ2n) is 4.61. The van der Waals surface area contributed by atoms with E-state index in [1.54, 1.807) is 0 Å². The lowest BCUT2D eigenvalue weighted by Gasteiger charge is -2.39. The number of hydrogen-bond donors (Lipinski definition) is 1. The van der Waals surface area contributed by atoms with Gasteiger partial charge in [-0.25, -0.2) is 4.79 Å². The van der Waals surface area contributed by atoms with Crippen LogP contribution in [0.1, 0.15) is 20.3 Å². The van der Waals surface area contributed by atoms with Crippen molar-refractivity contribution in [3.05, 3.63) is 11.6 Å². The Kier molecular flexibility index (Phi) is 4.96. The minimum absolute atomic E-state index is 0.603. The molecule has 1 saturated heterocycles. The average Bonchev–Trinajstić information content (AvgIpc) is 2.19. The van der Waals surface area contributed by atoms with Crippen molar-refractivity contribution in [3.63, 3.8) is 0 Å². The van der Waals surface area contributed by atoms with Gasteiger partial charge in [0.15, 0.2) is 0 Å². The molecule has 0 amide bonds. The van der Waals surface area contributed by atoms with Crippen LogP contribution >= 0.6 is 0 Å². The Morgan fingerprint density at radius 2 is 2.19 bits per heavy atom. The van der Waals surface area contributed by atoms with Gasteiger partial charge < -0.3 is 10.0 Å². The monoisotopic (exact) mass is 226 g/mol. The number of carboxylic acids is 1. The Hall–Kier alpha value is -0.870. The number of likely N-dealkylation sites (N-methyl/N-ethyl adjacent to an activating group) is 1. The lowest BCUT2D eigenvalue weighted by atomic mass is 10.1. The van der Waals surface area contributed by atoms with Crippen molar-refractivity contribution in [2.24, 2.45) is 0 Å². The molecule has 0 saturated carbocycles. The molecule has 1 unspecified atom stereocenters. The molecule has 0 aromatic rings. The Balaban J connectivity index is 2.47. The van der Waals surface area contributed by atoms with Gasteiger partial charge in [-0.15, -0.1) is 0 Å². The van der Waals surface area contributed by atoms with Crippen molar-refractivity contribution >= 4 is 5.97 Å². The Labute approximate surface area is 97.5 Å². The molecule has 0 radical (unpaired) electrons. The van der Waals surface area contributed by atoms with E-state index in [1.807, 2.05) is 6.92 Å². The summed E-state index contributed by atoms with van der Waals surface area (Å²) in [5.74, 6) is -0.848. The highest BCUT2D eigenvalue weighted by Gasteiger charge is 2.22. The van der Waals surface area contributed by atoms with Crippen LogP contribution in [0.2, 0.25) is 0 Å². The topological polar surface area (TPSA) is 43.8 Å². The second kappa shape index (κ2) is 6.01. The van der Waals surface area contributed by atoms with Crippen LogP contribution in [0.15, 0.2) is 11.6 Å². The highest BCUT2D eigenvalue weighted by atomic mass is 16.4. The van der Waals surface area contributed by atoms with Gasteiger partial charge >= 0.3 is 5.97 Å². The van der Waals surface area contributed by atoms with E-state index >= 15 is 0 Å². The molecule has 16 heavy (non-hydrogen) atoms. The molecular weight excluding hydrogens is 204 g/mol. The molecule has 0 aromatic carbocycles. The lowest BCUT2D eigenvalue weighted by Crippen LogP contribution is -2.51. The number of aliphatic carboxylic acids is 1. The largest absolute Gasteiger partial charge is 0.478 e. The zero-order chi connectivity index (χ0) is 12.1. The molecule has 4 heteroatoms. The van der Waals surface area contributed by atoms with Crippen LogP contribution in [0.4, 0.5) is 0 Å². The molecule has 1 aliphatic rings. The first-order valence-electron chi connectivity index (χ1n) is 5.85. The first kappa shape index (κ1) is 13.2. The summed E-state index contributed by atoms with van der Waals surface area (Å²) in [6, 6.07) is 0.603. The number of nitrogens with zero attached hydrogens (tertiary/aromatic N) is 2. The van der Waals surface area contributed by atoms with Gasteiger partial charge in [-0.2, -0.15) is 0 Å². The molecule has 92 valence electrons. The minimum atomic E-state index is -0.848. The van der Waals surface area contributed by atoms with Gasteiger partial charge in [0, 0.05) is 38.3 Å². The van der Waals surface area contributed by atoms with E-state index in [-0.39, 0.29) is 0 Å². The quantitative estimate of drug-likeness (QED) is 0.728. The summed E-state index contributed by atoms with van der Waals surface area (Å²) in [5, 5.41) is 8.65. The predicted molar refractivity (Wildman–Crippen MR) is 64.5 cm³/mol. The molecule has 1 heterocycles. The standard InChI is InChI=1S/C12H22N2O2/c1-4-11-9-14(6-5-13(11)3)8-10(2)7-12(15)16/h7,11H,4-6,8-9H2,1-3H3,(H,15,16). The van der Waals surface area contributed by atoms with Crippen molar-refractivity contribution in [1.29, 1.82) is 0 Å². The number of carbonyl (C=O) groups is 1. The van der Waals surface area contributed by atoms with Crippen LogP contribution in [0.3, 0.4) is 0 Å². The summed E-state index contributed by atoms with van der Waals surface area (Å²) < 4.78 is 0. The third kappa shape index (κ3) is 3.94. The summed E-state index contributed by atoms with van der Waals surface area (Å²) in [5.41, 5.74) is 0.923. The van der Waals surface area contributed by atoms with Crippen molar-refractivity contribution < 1.29 is 9.90 Å². The van der Waals surface area contributed by atoms with E-state index in [9.17, 15) is 4.79 Å². The molecule has 0 bridgehead atoms. The SMILES string of the molecule is CCC1CN(CC(C)=CC(=O)O)CCN1C. The van der Waals surface area contributed by atoms with Crippen LogP contribution < -0.4 is 0 Å². The minimum Gasteiger partial charge on any atom is -0.478 e. The Morgan fingerprint density at radius 1 is 1.50 bits per heavy atom. The van der Waals surface area contributed by atoms with Gasteiger partial charge in [-0.05, 0) is 20.4 Å². The molecular formula is C12H22N2O2. The van der Waals surface area contributed by atoms with E-state index in [1.165, 1.54) is 6.08 Å². The fourth-order valence-corrected chi connectivity index (χ4v) is 2.20. The Morgan fingerprint density at radius 3 is 2.75 bits per heavy atom. The molecule has 0 aliphatic carbocycles. The van der Waals surface area contributed by atoms with Crippen LogP contribution in [-0.4, -0.2) is 60.1 Å². The summed E-state index contributed by atoms with van der Waals surface area (Å²) >= 11 is 0. The van der Waals surface area contributed by atoms with Gasteiger partial charge in [0.05, 0.1) is 0 Å². The van der Waals surface area contributed by atoms with E-state index < -0.39 is 5.97 Å². The van der Waals surface area contributed by atoms with Crippen molar-refractivity contribution in [3.8, 4) is 0 Å². The van der Waals surface area contributed by atoms with Gasteiger partial charge in [0.2, 0.25) is 0 Å². The summed E-state index contributed by atoms with van der Waals surface area (Å²) in [6.45, 7) is 7.99. The van der Waals surface area contributed by atoms with Crippen LogP contribution in [-0.2, 0) is 4.79 Å². The molecule has 1 aliphatic heterocycles. The maximum Gasteiger partial charge on any atom is 0.328 e. The zero-order valence-corrected chi connectivity index (χ0v) is 10.4. The van der Waals surface area contributed by atoms with Gasteiger partial charge in [-0.3, -0.25) is 4.90 Å². The third-order valence-electron chi connectivity index (χ3n) is 3.18. The number of rotatable bonds is 4. The molecule has 1 rings (SSSR count). The number of piperazine rings is 1. The zero-order valence-electron chi connectivity index (χ0n) is 10.4. The van der Waals surface area contributed by atoms with Crippen molar-refractivity contribution in [1.82, 2.24) is 9.80 Å². The molecule has 1 atom stereocenters. The highest BCUT2D eigenvalue weighted by Crippen LogP contribution is 2.11. The summed E-state index contributed by atoms with van der Waals surface area (Å²) in [7, 11) is 2.16. The van der Waals surface area contributed by atoms with E-state index in [2.05, 4.69) is 23.8 Å². The first-order valence-corrected chi connectivity index (χ1v) is 5.85. The fourth-order valence-electron chi connectivity index (χ4n) is 2.20. The molecule has 4 nitrogen and oxygen atoms in total.